The van der Waals surface area contributed by atoms with Crippen LogP contribution in [0.15, 0.2) is 12.7 Å². The molecular weight excluding hydrogens is 193 g/mol. The van der Waals surface area contributed by atoms with E-state index >= 15 is 0 Å². The highest BCUT2D eigenvalue weighted by molar-refractivity contribution is 7.56. The van der Waals surface area contributed by atoms with Gasteiger partial charge in [-0.1, -0.05) is 6.08 Å². The zero-order valence-electron chi connectivity index (χ0n) is 7.69. The van der Waals surface area contributed by atoms with Crippen molar-refractivity contribution in [3.8, 4) is 0 Å². The Bertz CT molecular complexity index is 241. The molecule has 13 heavy (non-hydrogen) atoms. The Balaban J connectivity index is 4.18. The third kappa shape index (κ3) is 4.83. The fourth-order valence-electron chi connectivity index (χ4n) is 0.760. The van der Waals surface area contributed by atoms with Crippen LogP contribution >= 0.6 is 7.52 Å². The van der Waals surface area contributed by atoms with Crippen LogP contribution in [0.5, 0.6) is 0 Å². The molecule has 0 amide bonds. The van der Waals surface area contributed by atoms with E-state index in [0.717, 1.165) is 0 Å². The Morgan fingerprint density at radius 1 is 1.85 bits per heavy atom. The van der Waals surface area contributed by atoms with E-state index in [4.69, 9.17) is 0 Å². The van der Waals surface area contributed by atoms with E-state index < -0.39 is 19.5 Å². The maximum Gasteiger partial charge on any atom is 0.323 e. The largest absolute Gasteiger partial charge is 0.468 e. The van der Waals surface area contributed by atoms with Gasteiger partial charge in [-0.05, 0) is 6.92 Å². The first-order chi connectivity index (χ1) is 5.93. The molecule has 0 bridgehead atoms. The monoisotopic (exact) mass is 207 g/mol. The van der Waals surface area contributed by atoms with E-state index in [2.05, 4.69) is 16.4 Å². The number of ether oxygens (including phenoxy) is 1. The highest BCUT2D eigenvalue weighted by Gasteiger charge is 2.23. The molecule has 2 N–H and O–H groups in total. The van der Waals surface area contributed by atoms with Crippen molar-refractivity contribution in [2.45, 2.75) is 13.0 Å². The number of rotatable bonds is 5. The summed E-state index contributed by atoms with van der Waals surface area (Å²) in [6, 6.07) is -0.791. The van der Waals surface area contributed by atoms with Crippen molar-refractivity contribution < 1.29 is 19.0 Å². The standard InChI is InChI=1S/C7H14NO4P/c1-4-5-13(10,11)8-6(2)7(9)12-3/h4,6H,1,5H2,2-3H3,(H2,8,10,11)/t6-/m0/s1. The summed E-state index contributed by atoms with van der Waals surface area (Å²) < 4.78 is 15.6. The van der Waals surface area contributed by atoms with Gasteiger partial charge in [-0.2, -0.15) is 0 Å². The van der Waals surface area contributed by atoms with Gasteiger partial charge in [0.15, 0.2) is 0 Å². The summed E-state index contributed by atoms with van der Waals surface area (Å²) >= 11 is 0. The van der Waals surface area contributed by atoms with E-state index in [-0.39, 0.29) is 6.16 Å². The molecule has 0 aromatic carbocycles. The fraction of sp³-hybridized carbons (Fsp3) is 0.571. The van der Waals surface area contributed by atoms with Crippen molar-refractivity contribution in [1.82, 2.24) is 5.09 Å². The molecule has 0 fully saturated rings. The first-order valence-corrected chi connectivity index (χ1v) is 5.55. The minimum Gasteiger partial charge on any atom is -0.468 e. The zero-order valence-corrected chi connectivity index (χ0v) is 8.58. The third-order valence-electron chi connectivity index (χ3n) is 1.33. The summed E-state index contributed by atoms with van der Waals surface area (Å²) in [6.45, 7) is 4.79. The lowest BCUT2D eigenvalue weighted by molar-refractivity contribution is -0.142. The van der Waals surface area contributed by atoms with Crippen LogP contribution in [0, 0.1) is 0 Å². The SMILES string of the molecule is C=CCP(=O)(O)N[C@@H](C)C(=O)OC. The summed E-state index contributed by atoms with van der Waals surface area (Å²) in [5, 5.41) is 2.27. The van der Waals surface area contributed by atoms with Gasteiger partial charge in [0.05, 0.1) is 13.3 Å². The number of hydrogen-bond acceptors (Lipinski definition) is 3. The van der Waals surface area contributed by atoms with Crippen molar-refractivity contribution in [3.63, 3.8) is 0 Å². The first kappa shape index (κ1) is 12.4. The molecule has 1 unspecified atom stereocenters. The van der Waals surface area contributed by atoms with Gasteiger partial charge in [-0.3, -0.25) is 9.36 Å². The van der Waals surface area contributed by atoms with Gasteiger partial charge in [0, 0.05) is 0 Å². The molecule has 0 heterocycles. The molecule has 0 saturated heterocycles. The summed E-state index contributed by atoms with van der Waals surface area (Å²) in [7, 11) is -2.27. The average Bonchev–Trinajstić information content (AvgIpc) is 2.01. The van der Waals surface area contributed by atoms with E-state index in [9.17, 15) is 14.3 Å². The molecule has 5 nitrogen and oxygen atoms in total. The molecular formula is C7H14NO4P. The minimum atomic E-state index is -3.48. The van der Waals surface area contributed by atoms with Crippen molar-refractivity contribution in [3.05, 3.63) is 12.7 Å². The van der Waals surface area contributed by atoms with Crippen molar-refractivity contribution in [1.29, 1.82) is 0 Å². The van der Waals surface area contributed by atoms with Gasteiger partial charge in [-0.25, -0.2) is 5.09 Å². The Morgan fingerprint density at radius 3 is 2.77 bits per heavy atom. The number of allylic oxidation sites excluding steroid dienone is 1. The highest BCUT2D eigenvalue weighted by Crippen LogP contribution is 2.35. The molecule has 0 aliphatic carbocycles. The van der Waals surface area contributed by atoms with Crippen LogP contribution in [0.1, 0.15) is 6.92 Å². The summed E-state index contributed by atoms with van der Waals surface area (Å²) in [6.07, 6.45) is 1.24. The number of methoxy groups -OCH3 is 1. The molecule has 0 aromatic rings. The molecule has 0 aromatic heterocycles. The lowest BCUT2D eigenvalue weighted by Crippen LogP contribution is -2.33. The first-order valence-electron chi connectivity index (χ1n) is 3.71. The molecule has 6 heteroatoms. The van der Waals surface area contributed by atoms with Crippen LogP contribution in [0.2, 0.25) is 0 Å². The number of carbonyl (C=O) groups excluding carboxylic acids is 1. The zero-order chi connectivity index (χ0) is 10.5. The summed E-state index contributed by atoms with van der Waals surface area (Å²) in [5.41, 5.74) is 0. The number of carbonyl (C=O) groups is 1. The quantitative estimate of drug-likeness (QED) is 0.390. The van der Waals surface area contributed by atoms with Crippen LogP contribution in [-0.4, -0.2) is 30.2 Å². The lowest BCUT2D eigenvalue weighted by Gasteiger charge is -2.15. The predicted octanol–water partition coefficient (Wildman–Crippen LogP) is 0.509. The van der Waals surface area contributed by atoms with E-state index in [1.54, 1.807) is 0 Å². The second kappa shape index (κ2) is 5.17. The van der Waals surface area contributed by atoms with Crippen LogP contribution in [0.25, 0.3) is 0 Å². The molecule has 2 atom stereocenters. The van der Waals surface area contributed by atoms with Gasteiger partial charge in [0.25, 0.3) is 7.52 Å². The Morgan fingerprint density at radius 2 is 2.38 bits per heavy atom. The molecule has 76 valence electrons. The number of hydrogen-bond donors (Lipinski definition) is 2. The van der Waals surface area contributed by atoms with Gasteiger partial charge in [-0.15, -0.1) is 6.58 Å². The van der Waals surface area contributed by atoms with Crippen LogP contribution in [-0.2, 0) is 14.1 Å². The lowest BCUT2D eigenvalue weighted by atomic mass is 10.4. The Kier molecular flexibility index (Phi) is 4.91. The topological polar surface area (TPSA) is 75.6 Å². The Labute approximate surface area is 77.3 Å². The number of nitrogens with one attached hydrogen (secondary N) is 1. The van der Waals surface area contributed by atoms with Crippen molar-refractivity contribution in [2.24, 2.45) is 0 Å². The molecule has 0 spiro atoms. The average molecular weight is 207 g/mol. The summed E-state index contributed by atoms with van der Waals surface area (Å²) in [4.78, 5) is 20.0. The number of esters is 1. The van der Waals surface area contributed by atoms with Gasteiger partial charge in [0.2, 0.25) is 0 Å². The molecule has 0 saturated carbocycles. The fourth-order valence-corrected chi connectivity index (χ4v) is 1.93. The minimum absolute atomic E-state index is 0.0751. The van der Waals surface area contributed by atoms with Crippen LogP contribution in [0.3, 0.4) is 0 Å². The molecule has 0 radical (unpaired) electrons. The van der Waals surface area contributed by atoms with Crippen LogP contribution < -0.4 is 5.09 Å². The molecule has 0 rings (SSSR count). The Hall–Kier alpha value is -0.640. The van der Waals surface area contributed by atoms with Crippen molar-refractivity contribution in [2.75, 3.05) is 13.3 Å². The second-order valence-corrected chi connectivity index (χ2v) is 4.57. The van der Waals surface area contributed by atoms with Gasteiger partial charge >= 0.3 is 5.97 Å². The van der Waals surface area contributed by atoms with E-state index in [1.807, 2.05) is 0 Å². The van der Waals surface area contributed by atoms with E-state index in [0.29, 0.717) is 0 Å². The smallest absolute Gasteiger partial charge is 0.323 e. The van der Waals surface area contributed by atoms with Crippen molar-refractivity contribution >= 4 is 13.5 Å². The van der Waals surface area contributed by atoms with Gasteiger partial charge < -0.3 is 9.63 Å². The molecule has 0 aliphatic rings. The van der Waals surface area contributed by atoms with Crippen LogP contribution in [0.4, 0.5) is 0 Å². The maximum absolute atomic E-state index is 11.2. The predicted molar refractivity (Wildman–Crippen MR) is 49.5 cm³/mol. The summed E-state index contributed by atoms with van der Waals surface area (Å²) in [5.74, 6) is -0.571. The van der Waals surface area contributed by atoms with Gasteiger partial charge in [0.1, 0.15) is 6.04 Å². The third-order valence-corrected chi connectivity index (χ3v) is 2.87. The highest BCUT2D eigenvalue weighted by atomic mass is 31.2. The molecule has 0 aliphatic heterocycles. The van der Waals surface area contributed by atoms with E-state index in [1.165, 1.54) is 20.1 Å². The normalized spacial score (nSPS) is 17.2. The second-order valence-electron chi connectivity index (χ2n) is 2.55. The maximum atomic E-state index is 11.2.